The highest BCUT2D eigenvalue weighted by Gasteiger charge is 2.36. The molecule has 4 N–H and O–H groups in total. The maximum Gasteiger partial charge on any atom is 0.433 e. The molecule has 1 aliphatic heterocycles. The average molecular weight is 307 g/mol. The molecule has 0 saturated carbocycles. The molecule has 0 bridgehead atoms. The molecule has 1 atom stereocenters. The first-order valence-corrected chi connectivity index (χ1v) is 6.18. The molecule has 0 radical (unpaired) electrons. The average Bonchev–Trinajstić information content (AvgIpc) is 2.93. The third kappa shape index (κ3) is 3.71. The maximum atomic E-state index is 12.7. The first-order valence-electron chi connectivity index (χ1n) is 6.18. The Hall–Kier alpha value is -1.65. The van der Waals surface area contributed by atoms with E-state index in [9.17, 15) is 13.2 Å². The molecule has 21 heavy (non-hydrogen) atoms. The van der Waals surface area contributed by atoms with Crippen molar-refractivity contribution in [2.24, 2.45) is 5.84 Å². The van der Waals surface area contributed by atoms with Crippen molar-refractivity contribution in [3.05, 3.63) is 11.8 Å². The molecule has 118 valence electrons. The van der Waals surface area contributed by atoms with E-state index in [4.69, 9.17) is 15.3 Å². The van der Waals surface area contributed by atoms with E-state index in [2.05, 4.69) is 15.3 Å². The van der Waals surface area contributed by atoms with Gasteiger partial charge in [-0.15, -0.1) is 0 Å². The second kappa shape index (κ2) is 6.00. The quantitative estimate of drug-likeness (QED) is 0.552. The van der Waals surface area contributed by atoms with Crippen LogP contribution in [0.15, 0.2) is 6.07 Å². The van der Waals surface area contributed by atoms with Crippen LogP contribution in [0, 0.1) is 0 Å². The van der Waals surface area contributed by atoms with Gasteiger partial charge in [-0.3, -0.25) is 5.43 Å². The van der Waals surface area contributed by atoms with Crippen molar-refractivity contribution in [2.75, 3.05) is 37.6 Å². The normalized spacial score (nSPS) is 22.3. The molecule has 2 rings (SSSR count). The topological polar surface area (TPSA) is 94.3 Å². The van der Waals surface area contributed by atoms with Crippen molar-refractivity contribution in [1.29, 1.82) is 0 Å². The van der Waals surface area contributed by atoms with Gasteiger partial charge in [0, 0.05) is 32.7 Å². The molecule has 10 heteroatoms. The summed E-state index contributed by atoms with van der Waals surface area (Å²) < 4.78 is 48.8. The SMILES string of the molecule is COC1(CNc2cc(C(F)(F)F)nc(NN)n2)CCOC1. The predicted molar refractivity (Wildman–Crippen MR) is 68.5 cm³/mol. The van der Waals surface area contributed by atoms with Gasteiger partial charge in [0.05, 0.1) is 6.61 Å². The summed E-state index contributed by atoms with van der Waals surface area (Å²) in [7, 11) is 1.53. The van der Waals surface area contributed by atoms with Crippen LogP contribution < -0.4 is 16.6 Å². The molecule has 1 fully saturated rings. The number of alkyl halides is 3. The molecule has 1 aromatic rings. The van der Waals surface area contributed by atoms with Gasteiger partial charge in [-0.1, -0.05) is 0 Å². The summed E-state index contributed by atoms with van der Waals surface area (Å²) in [6.45, 7) is 1.18. The fourth-order valence-corrected chi connectivity index (χ4v) is 1.96. The number of aromatic nitrogens is 2. The zero-order chi connectivity index (χ0) is 15.5. The molecule has 0 aliphatic carbocycles. The molecule has 1 aromatic heterocycles. The van der Waals surface area contributed by atoms with E-state index < -0.39 is 17.5 Å². The Morgan fingerprint density at radius 1 is 1.48 bits per heavy atom. The van der Waals surface area contributed by atoms with Crippen LogP contribution >= 0.6 is 0 Å². The number of halogens is 3. The number of nitrogens with one attached hydrogen (secondary N) is 2. The lowest BCUT2D eigenvalue weighted by molar-refractivity contribution is -0.141. The first-order chi connectivity index (χ1) is 9.88. The van der Waals surface area contributed by atoms with Crippen LogP contribution in [0.4, 0.5) is 24.9 Å². The second-order valence-electron chi connectivity index (χ2n) is 4.65. The molecule has 0 amide bonds. The second-order valence-corrected chi connectivity index (χ2v) is 4.65. The lowest BCUT2D eigenvalue weighted by atomic mass is 10.0. The van der Waals surface area contributed by atoms with Crippen LogP contribution in [0.3, 0.4) is 0 Å². The maximum absolute atomic E-state index is 12.7. The van der Waals surface area contributed by atoms with Crippen LogP contribution in [0.25, 0.3) is 0 Å². The number of nitrogens with zero attached hydrogens (tertiary/aromatic N) is 2. The minimum absolute atomic E-state index is 0.00796. The first kappa shape index (κ1) is 15.7. The van der Waals surface area contributed by atoms with Gasteiger partial charge in [-0.2, -0.15) is 18.2 Å². The number of ether oxygens (including phenoxy) is 2. The van der Waals surface area contributed by atoms with Gasteiger partial charge in [-0.25, -0.2) is 10.8 Å². The minimum atomic E-state index is -4.58. The number of hydrogen-bond acceptors (Lipinski definition) is 7. The van der Waals surface area contributed by atoms with Crippen molar-refractivity contribution in [1.82, 2.24) is 9.97 Å². The van der Waals surface area contributed by atoms with Gasteiger partial charge >= 0.3 is 6.18 Å². The van der Waals surface area contributed by atoms with E-state index >= 15 is 0 Å². The minimum Gasteiger partial charge on any atom is -0.378 e. The fraction of sp³-hybridized carbons (Fsp3) is 0.636. The van der Waals surface area contributed by atoms with Crippen molar-refractivity contribution in [3.8, 4) is 0 Å². The number of anilines is 2. The third-order valence-corrected chi connectivity index (χ3v) is 3.24. The van der Waals surface area contributed by atoms with Gasteiger partial charge in [-0.05, 0) is 0 Å². The molecular formula is C11H16F3N5O2. The standard InChI is InChI=1S/C11H16F3N5O2/c1-20-10(2-3-21-6-10)5-16-8-4-7(11(12,13)14)17-9(18-8)19-15/h4H,2-3,5-6,15H2,1H3,(H2,16,17,18,19). The number of methoxy groups -OCH3 is 1. The number of hydrazine groups is 1. The molecule has 7 nitrogen and oxygen atoms in total. The molecule has 1 saturated heterocycles. The smallest absolute Gasteiger partial charge is 0.378 e. The largest absolute Gasteiger partial charge is 0.433 e. The monoisotopic (exact) mass is 307 g/mol. The van der Waals surface area contributed by atoms with Gasteiger partial charge in [0.15, 0.2) is 5.69 Å². The van der Waals surface area contributed by atoms with Crippen LogP contribution in [0.5, 0.6) is 0 Å². The Labute approximate surface area is 119 Å². The highest BCUT2D eigenvalue weighted by molar-refractivity contribution is 5.43. The zero-order valence-corrected chi connectivity index (χ0v) is 11.3. The summed E-state index contributed by atoms with van der Waals surface area (Å²) in [5, 5.41) is 2.81. The molecule has 2 heterocycles. The number of nitrogen functional groups attached to an aromatic ring is 1. The zero-order valence-electron chi connectivity index (χ0n) is 11.3. The van der Waals surface area contributed by atoms with Crippen LogP contribution in [-0.2, 0) is 15.7 Å². The van der Waals surface area contributed by atoms with E-state index in [1.54, 1.807) is 0 Å². The highest BCUT2D eigenvalue weighted by atomic mass is 19.4. The van der Waals surface area contributed by atoms with Gasteiger partial charge in [0.25, 0.3) is 0 Å². The lowest BCUT2D eigenvalue weighted by Crippen LogP contribution is -2.39. The Morgan fingerprint density at radius 2 is 2.24 bits per heavy atom. The summed E-state index contributed by atoms with van der Waals surface area (Å²) in [6.07, 6.45) is -3.93. The summed E-state index contributed by atoms with van der Waals surface area (Å²) in [6, 6.07) is 0.819. The summed E-state index contributed by atoms with van der Waals surface area (Å²) in [5.41, 5.74) is 0.362. The molecule has 1 aliphatic rings. The van der Waals surface area contributed by atoms with E-state index in [-0.39, 0.29) is 18.3 Å². The Kier molecular flexibility index (Phi) is 4.49. The van der Waals surface area contributed by atoms with E-state index in [1.165, 1.54) is 7.11 Å². The van der Waals surface area contributed by atoms with Crippen molar-refractivity contribution < 1.29 is 22.6 Å². The molecular weight excluding hydrogens is 291 g/mol. The predicted octanol–water partition coefficient (Wildman–Crippen LogP) is 0.998. The van der Waals surface area contributed by atoms with Crippen molar-refractivity contribution >= 4 is 11.8 Å². The Bertz CT molecular complexity index is 491. The summed E-state index contributed by atoms with van der Waals surface area (Å²) in [5.74, 6) is 4.78. The van der Waals surface area contributed by atoms with Crippen molar-refractivity contribution in [2.45, 2.75) is 18.2 Å². The number of hydrogen-bond donors (Lipinski definition) is 3. The molecule has 0 spiro atoms. The summed E-state index contributed by atoms with van der Waals surface area (Å²) >= 11 is 0. The van der Waals surface area contributed by atoms with E-state index in [1.807, 2.05) is 5.43 Å². The van der Waals surface area contributed by atoms with Crippen LogP contribution in [-0.4, -0.2) is 42.4 Å². The van der Waals surface area contributed by atoms with E-state index in [0.29, 0.717) is 19.6 Å². The van der Waals surface area contributed by atoms with Gasteiger partial charge < -0.3 is 14.8 Å². The lowest BCUT2D eigenvalue weighted by Gasteiger charge is -2.26. The third-order valence-electron chi connectivity index (χ3n) is 3.24. The van der Waals surface area contributed by atoms with E-state index in [0.717, 1.165) is 6.07 Å². The summed E-state index contributed by atoms with van der Waals surface area (Å²) in [4.78, 5) is 7.11. The Morgan fingerprint density at radius 3 is 2.76 bits per heavy atom. The highest BCUT2D eigenvalue weighted by Crippen LogP contribution is 2.30. The van der Waals surface area contributed by atoms with Crippen molar-refractivity contribution in [3.63, 3.8) is 0 Å². The molecule has 0 aromatic carbocycles. The van der Waals surface area contributed by atoms with Crippen LogP contribution in [0.1, 0.15) is 12.1 Å². The fourth-order valence-electron chi connectivity index (χ4n) is 1.96. The number of rotatable bonds is 5. The van der Waals surface area contributed by atoms with Gasteiger partial charge in [0.2, 0.25) is 5.95 Å². The molecule has 1 unspecified atom stereocenters. The van der Waals surface area contributed by atoms with Gasteiger partial charge in [0.1, 0.15) is 11.4 Å². The van der Waals surface area contributed by atoms with Crippen LogP contribution in [0.2, 0.25) is 0 Å². The number of nitrogens with two attached hydrogens (primary N) is 1. The Balaban J connectivity index is 2.15.